The van der Waals surface area contributed by atoms with Gasteiger partial charge >= 0.3 is 6.01 Å². The fourth-order valence-electron chi connectivity index (χ4n) is 7.24. The highest BCUT2D eigenvalue weighted by molar-refractivity contribution is 6.04. The zero-order valence-corrected chi connectivity index (χ0v) is 23.3. The molecule has 2 aromatic heterocycles. The number of benzene rings is 2. The van der Waals surface area contributed by atoms with E-state index in [4.69, 9.17) is 25.9 Å². The standard InChI is InChI=1S/C32H31FN6O3/c1-3-17-6-4-7-18-12-21(40)13-22(25(17)18)28-27(33)29-26-30(37-32(36-29)42-15-20-8-5-11-38(20)2)39-14-19-9-10-23(34-19)24(39)16-41-31(26)35-28/h1,4,6-7,12-13,19-20,23-24,34,40H,5,8-11,14-16H2,2H3. The Morgan fingerprint density at radius 3 is 2.93 bits per heavy atom. The van der Waals surface area contributed by atoms with Gasteiger partial charge in [-0.15, -0.1) is 6.42 Å². The first-order chi connectivity index (χ1) is 20.5. The Morgan fingerprint density at radius 2 is 2.10 bits per heavy atom. The molecule has 2 N–H and O–H groups in total. The number of likely N-dealkylation sites (tertiary alicyclic amines) is 1. The minimum atomic E-state index is -0.640. The van der Waals surface area contributed by atoms with Gasteiger partial charge in [0.1, 0.15) is 41.4 Å². The highest BCUT2D eigenvalue weighted by atomic mass is 19.1. The van der Waals surface area contributed by atoms with E-state index in [1.807, 2.05) is 12.1 Å². The predicted octanol–water partition coefficient (Wildman–Crippen LogP) is 3.85. The number of terminal acetylenes is 1. The molecule has 6 heterocycles. The lowest BCUT2D eigenvalue weighted by Crippen LogP contribution is -2.60. The molecule has 0 amide bonds. The molecule has 0 aliphatic carbocycles. The van der Waals surface area contributed by atoms with Crippen LogP contribution < -0.4 is 19.7 Å². The molecule has 4 aliphatic rings. The summed E-state index contributed by atoms with van der Waals surface area (Å²) in [6.07, 6.45) is 10.1. The number of rotatable bonds is 4. The average molecular weight is 567 g/mol. The maximum absolute atomic E-state index is 16.8. The van der Waals surface area contributed by atoms with Crippen molar-refractivity contribution in [2.24, 2.45) is 0 Å². The van der Waals surface area contributed by atoms with E-state index < -0.39 is 5.82 Å². The normalized spacial score (nSPS) is 24.8. The van der Waals surface area contributed by atoms with E-state index in [0.29, 0.717) is 52.4 Å². The second-order valence-electron chi connectivity index (χ2n) is 11.8. The summed E-state index contributed by atoms with van der Waals surface area (Å²) in [5.74, 6) is 2.89. The Morgan fingerprint density at radius 1 is 1.19 bits per heavy atom. The largest absolute Gasteiger partial charge is 0.508 e. The Kier molecular flexibility index (Phi) is 5.88. The monoisotopic (exact) mass is 566 g/mol. The molecule has 4 aromatic rings. The zero-order chi connectivity index (χ0) is 28.5. The first-order valence-electron chi connectivity index (χ1n) is 14.6. The molecular weight excluding hydrogens is 535 g/mol. The molecule has 214 valence electrons. The number of hydrogen-bond donors (Lipinski definition) is 2. The summed E-state index contributed by atoms with van der Waals surface area (Å²) in [6.45, 7) is 2.54. The van der Waals surface area contributed by atoms with Crippen molar-refractivity contribution in [2.75, 3.05) is 38.3 Å². The number of ether oxygens (including phenoxy) is 2. The SMILES string of the molecule is C#Cc1cccc2cc(O)cc(-c3nc4c5c(nc(OCC6CCCN6C)nc5c3F)N3CC5CCC(N5)C3CO4)c12. The van der Waals surface area contributed by atoms with E-state index in [-0.39, 0.29) is 47.0 Å². The van der Waals surface area contributed by atoms with Gasteiger partial charge in [-0.3, -0.25) is 0 Å². The lowest BCUT2D eigenvalue weighted by molar-refractivity contribution is 0.188. The molecule has 9 nitrogen and oxygen atoms in total. The molecule has 3 saturated heterocycles. The van der Waals surface area contributed by atoms with Crippen molar-refractivity contribution in [1.82, 2.24) is 25.2 Å². The molecule has 2 aromatic carbocycles. The van der Waals surface area contributed by atoms with Gasteiger partial charge in [0.25, 0.3) is 0 Å². The Labute approximate surface area is 242 Å². The molecule has 4 aliphatic heterocycles. The number of nitrogens with one attached hydrogen (secondary N) is 1. The van der Waals surface area contributed by atoms with Crippen molar-refractivity contribution in [3.05, 3.63) is 41.7 Å². The summed E-state index contributed by atoms with van der Waals surface area (Å²) in [4.78, 5) is 18.8. The van der Waals surface area contributed by atoms with Gasteiger partial charge in [-0.2, -0.15) is 9.97 Å². The fourth-order valence-corrected chi connectivity index (χ4v) is 7.24. The van der Waals surface area contributed by atoms with Crippen molar-refractivity contribution < 1.29 is 19.0 Å². The van der Waals surface area contributed by atoms with E-state index in [1.165, 1.54) is 6.07 Å². The lowest BCUT2D eigenvalue weighted by atomic mass is 9.96. The van der Waals surface area contributed by atoms with Gasteiger partial charge in [0, 0.05) is 41.2 Å². The number of nitrogens with zero attached hydrogens (tertiary/aromatic N) is 5. The van der Waals surface area contributed by atoms with E-state index in [0.717, 1.165) is 38.8 Å². The van der Waals surface area contributed by atoms with Crippen LogP contribution in [0.4, 0.5) is 10.2 Å². The highest BCUT2D eigenvalue weighted by Gasteiger charge is 2.44. The highest BCUT2D eigenvalue weighted by Crippen LogP contribution is 2.44. The van der Waals surface area contributed by atoms with Crippen molar-refractivity contribution in [3.63, 3.8) is 0 Å². The van der Waals surface area contributed by atoms with Gasteiger partial charge < -0.3 is 29.7 Å². The third kappa shape index (κ3) is 3.95. The fraction of sp³-hybridized carbons (Fsp3) is 0.406. The second kappa shape index (κ2) is 9.68. The van der Waals surface area contributed by atoms with E-state index >= 15 is 4.39 Å². The molecule has 0 spiro atoms. The Hall–Kier alpha value is -4.20. The van der Waals surface area contributed by atoms with Crippen LogP contribution in [0.15, 0.2) is 30.3 Å². The molecular formula is C32H31FN6O3. The molecule has 2 bridgehead atoms. The van der Waals surface area contributed by atoms with Gasteiger partial charge in [-0.05, 0) is 62.9 Å². The van der Waals surface area contributed by atoms with Crippen LogP contribution in [0.3, 0.4) is 0 Å². The van der Waals surface area contributed by atoms with E-state index in [9.17, 15) is 5.11 Å². The summed E-state index contributed by atoms with van der Waals surface area (Å²) in [7, 11) is 2.09. The van der Waals surface area contributed by atoms with Gasteiger partial charge in [0.15, 0.2) is 5.82 Å². The molecule has 10 heteroatoms. The topological polar surface area (TPSA) is 95.9 Å². The Balaban J connectivity index is 1.35. The molecule has 42 heavy (non-hydrogen) atoms. The van der Waals surface area contributed by atoms with Crippen molar-refractivity contribution in [2.45, 2.75) is 49.9 Å². The third-order valence-corrected chi connectivity index (χ3v) is 9.38. The minimum Gasteiger partial charge on any atom is -0.508 e. The summed E-state index contributed by atoms with van der Waals surface area (Å²) in [6, 6.07) is 9.48. The van der Waals surface area contributed by atoms with Crippen molar-refractivity contribution in [3.8, 4) is 41.2 Å². The molecule has 4 atom stereocenters. The van der Waals surface area contributed by atoms with E-state index in [2.05, 4.69) is 33.1 Å². The quantitative estimate of drug-likeness (QED) is 0.357. The summed E-state index contributed by atoms with van der Waals surface area (Å²) >= 11 is 0. The van der Waals surface area contributed by atoms with Gasteiger partial charge in [-0.1, -0.05) is 18.1 Å². The number of aromatic nitrogens is 3. The van der Waals surface area contributed by atoms with Crippen LogP contribution in [0, 0.1) is 18.2 Å². The number of halogens is 1. The van der Waals surface area contributed by atoms with Crippen LogP contribution in [-0.4, -0.2) is 82.5 Å². The number of likely N-dealkylation sites (N-methyl/N-ethyl adjacent to an activating group) is 1. The van der Waals surface area contributed by atoms with Gasteiger partial charge in [0.05, 0.1) is 6.04 Å². The number of anilines is 1. The van der Waals surface area contributed by atoms with E-state index in [1.54, 1.807) is 12.1 Å². The third-order valence-electron chi connectivity index (χ3n) is 9.38. The van der Waals surface area contributed by atoms with Crippen LogP contribution in [0.5, 0.6) is 17.6 Å². The van der Waals surface area contributed by atoms with Gasteiger partial charge in [0.2, 0.25) is 5.88 Å². The molecule has 3 fully saturated rings. The number of phenolic OH excluding ortho intramolecular Hbond substituents is 1. The first-order valence-corrected chi connectivity index (χ1v) is 14.6. The summed E-state index contributed by atoms with van der Waals surface area (Å²) in [5, 5.41) is 16.1. The second-order valence-corrected chi connectivity index (χ2v) is 11.8. The maximum Gasteiger partial charge on any atom is 0.319 e. The lowest BCUT2D eigenvalue weighted by Gasteiger charge is -2.40. The number of hydrogen-bond acceptors (Lipinski definition) is 9. The van der Waals surface area contributed by atoms with Crippen LogP contribution in [-0.2, 0) is 0 Å². The average Bonchev–Trinajstić information content (AvgIpc) is 3.55. The summed E-state index contributed by atoms with van der Waals surface area (Å²) in [5.41, 5.74) is 1.03. The molecule has 4 unspecified atom stereocenters. The first kappa shape index (κ1) is 25.5. The number of aromatic hydroxyl groups is 1. The molecule has 0 radical (unpaired) electrons. The molecule has 8 rings (SSSR count). The van der Waals surface area contributed by atoms with Crippen molar-refractivity contribution >= 4 is 27.5 Å². The number of pyridine rings is 1. The van der Waals surface area contributed by atoms with Crippen LogP contribution in [0.25, 0.3) is 32.9 Å². The molecule has 0 saturated carbocycles. The number of piperazine rings is 1. The van der Waals surface area contributed by atoms with Crippen LogP contribution in [0.1, 0.15) is 31.2 Å². The smallest absolute Gasteiger partial charge is 0.319 e. The predicted molar refractivity (Wildman–Crippen MR) is 158 cm³/mol. The maximum atomic E-state index is 16.8. The number of phenols is 1. The zero-order valence-electron chi connectivity index (χ0n) is 23.3. The summed E-state index contributed by atoms with van der Waals surface area (Å²) < 4.78 is 29.4. The number of fused-ring (bicyclic) bond motifs is 6. The minimum absolute atomic E-state index is 0.00557. The van der Waals surface area contributed by atoms with Gasteiger partial charge in [-0.25, -0.2) is 9.37 Å². The Bertz CT molecular complexity index is 1790. The van der Waals surface area contributed by atoms with Crippen LogP contribution in [0.2, 0.25) is 0 Å². The van der Waals surface area contributed by atoms with Crippen LogP contribution >= 0.6 is 0 Å². The van der Waals surface area contributed by atoms with Crippen molar-refractivity contribution in [1.29, 1.82) is 0 Å².